The zero-order chi connectivity index (χ0) is 15.6. The van der Waals surface area contributed by atoms with E-state index >= 15 is 0 Å². The maximum Gasteiger partial charge on any atom is 0.255 e. The number of halogens is 1. The predicted molar refractivity (Wildman–Crippen MR) is 89.0 cm³/mol. The van der Waals surface area contributed by atoms with Gasteiger partial charge in [0.25, 0.3) is 5.91 Å². The predicted octanol–water partition coefficient (Wildman–Crippen LogP) is 4.47. The molecular formula is C17H19ClN2O. The fourth-order valence-corrected chi connectivity index (χ4v) is 2.32. The molecule has 110 valence electrons. The van der Waals surface area contributed by atoms with E-state index < -0.39 is 0 Å². The number of hydrogen-bond acceptors (Lipinski definition) is 2. The highest BCUT2D eigenvalue weighted by Gasteiger charge is 2.21. The van der Waals surface area contributed by atoms with Gasteiger partial charge in [0.1, 0.15) is 0 Å². The molecule has 1 amide bonds. The average molecular weight is 303 g/mol. The molecule has 2 aromatic carbocycles. The van der Waals surface area contributed by atoms with E-state index in [1.54, 1.807) is 18.2 Å². The molecule has 0 saturated carbocycles. The van der Waals surface area contributed by atoms with Gasteiger partial charge in [0, 0.05) is 11.3 Å². The minimum Gasteiger partial charge on any atom is -0.398 e. The average Bonchev–Trinajstić information content (AvgIpc) is 2.42. The Bertz CT molecular complexity index is 675. The highest BCUT2D eigenvalue weighted by atomic mass is 35.5. The van der Waals surface area contributed by atoms with Crippen molar-refractivity contribution < 1.29 is 4.79 Å². The van der Waals surface area contributed by atoms with E-state index in [1.807, 2.05) is 24.3 Å². The lowest BCUT2D eigenvalue weighted by Crippen LogP contribution is -2.20. The second kappa shape index (κ2) is 5.78. The van der Waals surface area contributed by atoms with Gasteiger partial charge in [-0.25, -0.2) is 0 Å². The molecule has 4 heteroatoms. The summed E-state index contributed by atoms with van der Waals surface area (Å²) in [6, 6.07) is 12.7. The number of carbonyl (C=O) groups is 1. The highest BCUT2D eigenvalue weighted by Crippen LogP contribution is 2.27. The first kappa shape index (κ1) is 15.4. The Morgan fingerprint density at radius 3 is 2.43 bits per heavy atom. The second-order valence-corrected chi connectivity index (χ2v) is 6.39. The van der Waals surface area contributed by atoms with Gasteiger partial charge in [0.15, 0.2) is 0 Å². The van der Waals surface area contributed by atoms with Crippen LogP contribution in [0.5, 0.6) is 0 Å². The molecule has 0 atom stereocenters. The number of nitrogen functional groups attached to an aromatic ring is 1. The Kier molecular flexibility index (Phi) is 4.24. The monoisotopic (exact) mass is 302 g/mol. The van der Waals surface area contributed by atoms with E-state index in [-0.39, 0.29) is 11.3 Å². The molecule has 0 heterocycles. The van der Waals surface area contributed by atoms with E-state index in [0.717, 1.165) is 5.56 Å². The van der Waals surface area contributed by atoms with Crippen LogP contribution in [0.15, 0.2) is 42.5 Å². The second-order valence-electron chi connectivity index (χ2n) is 5.99. The van der Waals surface area contributed by atoms with Crippen molar-refractivity contribution in [1.82, 2.24) is 0 Å². The summed E-state index contributed by atoms with van der Waals surface area (Å²) in [5.41, 5.74) is 8.35. The summed E-state index contributed by atoms with van der Waals surface area (Å²) in [4.78, 5) is 12.5. The molecule has 0 aliphatic heterocycles. The van der Waals surface area contributed by atoms with E-state index in [2.05, 4.69) is 26.1 Å². The van der Waals surface area contributed by atoms with Crippen LogP contribution in [0.4, 0.5) is 11.4 Å². The summed E-state index contributed by atoms with van der Waals surface area (Å²) in [7, 11) is 0. The van der Waals surface area contributed by atoms with Crippen LogP contribution in [-0.2, 0) is 5.41 Å². The number of anilines is 2. The van der Waals surface area contributed by atoms with Crippen molar-refractivity contribution in [3.05, 3.63) is 58.6 Å². The third kappa shape index (κ3) is 3.56. The van der Waals surface area contributed by atoms with Crippen LogP contribution in [-0.4, -0.2) is 5.91 Å². The quantitative estimate of drug-likeness (QED) is 0.804. The van der Waals surface area contributed by atoms with Crippen molar-refractivity contribution in [3.63, 3.8) is 0 Å². The summed E-state index contributed by atoms with van der Waals surface area (Å²) in [5.74, 6) is -0.152. The molecule has 0 saturated heterocycles. The summed E-state index contributed by atoms with van der Waals surface area (Å²) in [6.07, 6.45) is 0. The van der Waals surface area contributed by atoms with E-state index in [9.17, 15) is 4.79 Å². The number of hydrogen-bond donors (Lipinski definition) is 2. The van der Waals surface area contributed by atoms with Crippen molar-refractivity contribution in [1.29, 1.82) is 0 Å². The third-order valence-corrected chi connectivity index (χ3v) is 3.57. The van der Waals surface area contributed by atoms with Crippen LogP contribution in [0, 0.1) is 0 Å². The largest absolute Gasteiger partial charge is 0.398 e. The Balaban J connectivity index is 2.31. The fraction of sp³-hybridized carbons (Fsp3) is 0.235. The Morgan fingerprint density at radius 1 is 1.14 bits per heavy atom. The van der Waals surface area contributed by atoms with Gasteiger partial charge >= 0.3 is 0 Å². The Labute approximate surface area is 130 Å². The van der Waals surface area contributed by atoms with Crippen molar-refractivity contribution >= 4 is 28.9 Å². The molecule has 2 rings (SSSR count). The molecule has 0 aliphatic carbocycles. The molecule has 3 N–H and O–H groups in total. The van der Waals surface area contributed by atoms with E-state index in [4.69, 9.17) is 17.3 Å². The number of rotatable bonds is 2. The van der Waals surface area contributed by atoms with Crippen molar-refractivity contribution in [2.45, 2.75) is 26.2 Å². The van der Waals surface area contributed by atoms with Crippen LogP contribution >= 0.6 is 11.6 Å². The van der Waals surface area contributed by atoms with Gasteiger partial charge < -0.3 is 11.1 Å². The number of nitrogens with one attached hydrogen (secondary N) is 1. The Hall–Kier alpha value is -2.00. The van der Waals surface area contributed by atoms with Gasteiger partial charge in [-0.3, -0.25) is 4.79 Å². The smallest absolute Gasteiger partial charge is 0.255 e. The van der Waals surface area contributed by atoms with Gasteiger partial charge in [0.05, 0.1) is 10.7 Å². The lowest BCUT2D eigenvalue weighted by atomic mass is 9.83. The SMILES string of the molecule is CC(C)(C)c1ccccc1C(=O)Nc1ccc(N)c(Cl)c1. The molecule has 3 nitrogen and oxygen atoms in total. The first-order chi connectivity index (χ1) is 9.79. The first-order valence-corrected chi connectivity index (χ1v) is 7.13. The maximum absolute atomic E-state index is 12.5. The first-order valence-electron chi connectivity index (χ1n) is 6.75. The maximum atomic E-state index is 12.5. The molecule has 0 aromatic heterocycles. The molecule has 0 fully saturated rings. The zero-order valence-corrected chi connectivity index (χ0v) is 13.2. The van der Waals surface area contributed by atoms with Crippen LogP contribution in [0.1, 0.15) is 36.7 Å². The van der Waals surface area contributed by atoms with Gasteiger partial charge in [0.2, 0.25) is 0 Å². The third-order valence-electron chi connectivity index (χ3n) is 3.24. The van der Waals surface area contributed by atoms with E-state index in [0.29, 0.717) is 22.0 Å². The van der Waals surface area contributed by atoms with Crippen LogP contribution in [0.2, 0.25) is 5.02 Å². The number of nitrogens with two attached hydrogens (primary N) is 1. The molecule has 0 unspecified atom stereocenters. The minimum absolute atomic E-state index is 0.104. The van der Waals surface area contributed by atoms with E-state index in [1.165, 1.54) is 0 Å². The van der Waals surface area contributed by atoms with Gasteiger partial charge in [-0.05, 0) is 35.2 Å². The molecule has 21 heavy (non-hydrogen) atoms. The topological polar surface area (TPSA) is 55.1 Å². The standard InChI is InChI=1S/C17H19ClN2O/c1-17(2,3)13-7-5-4-6-12(13)16(21)20-11-8-9-15(19)14(18)10-11/h4-10H,19H2,1-3H3,(H,20,21). The van der Waals surface area contributed by atoms with Gasteiger partial charge in [-0.15, -0.1) is 0 Å². The van der Waals surface area contributed by atoms with Crippen molar-refractivity contribution in [2.75, 3.05) is 11.1 Å². The molecule has 2 aromatic rings. The van der Waals surface area contributed by atoms with Crippen LogP contribution < -0.4 is 11.1 Å². The zero-order valence-electron chi connectivity index (χ0n) is 12.4. The summed E-state index contributed by atoms with van der Waals surface area (Å²) >= 11 is 5.97. The van der Waals surface area contributed by atoms with Crippen molar-refractivity contribution in [3.8, 4) is 0 Å². The number of benzene rings is 2. The van der Waals surface area contributed by atoms with Crippen LogP contribution in [0.25, 0.3) is 0 Å². The lowest BCUT2D eigenvalue weighted by molar-refractivity contribution is 0.102. The fourth-order valence-electron chi connectivity index (χ4n) is 2.14. The summed E-state index contributed by atoms with van der Waals surface area (Å²) in [5, 5.41) is 3.29. The molecule has 0 spiro atoms. The molecule has 0 aliphatic rings. The van der Waals surface area contributed by atoms with Crippen molar-refractivity contribution in [2.24, 2.45) is 0 Å². The van der Waals surface area contributed by atoms with Crippen LogP contribution in [0.3, 0.4) is 0 Å². The minimum atomic E-state index is -0.152. The van der Waals surface area contributed by atoms with Gasteiger partial charge in [-0.1, -0.05) is 50.6 Å². The van der Waals surface area contributed by atoms with Gasteiger partial charge in [-0.2, -0.15) is 0 Å². The number of carbonyl (C=O) groups excluding carboxylic acids is 1. The summed E-state index contributed by atoms with van der Waals surface area (Å²) in [6.45, 7) is 6.25. The summed E-state index contributed by atoms with van der Waals surface area (Å²) < 4.78 is 0. The molecule has 0 radical (unpaired) electrons. The highest BCUT2D eigenvalue weighted by molar-refractivity contribution is 6.33. The lowest BCUT2D eigenvalue weighted by Gasteiger charge is -2.22. The molecular weight excluding hydrogens is 284 g/mol. The molecule has 0 bridgehead atoms. The number of amides is 1. The Morgan fingerprint density at radius 2 is 1.81 bits per heavy atom. The normalized spacial score (nSPS) is 11.2.